The zero-order chi connectivity index (χ0) is 20.3. The van der Waals surface area contributed by atoms with Gasteiger partial charge in [0.1, 0.15) is 5.75 Å². The Morgan fingerprint density at radius 3 is 2.67 bits per heavy atom. The Morgan fingerprint density at radius 2 is 1.90 bits per heavy atom. The van der Waals surface area contributed by atoms with Gasteiger partial charge in [0.05, 0.1) is 7.11 Å². The number of nitrogens with one attached hydrogen (secondary N) is 2. The van der Waals surface area contributed by atoms with Crippen molar-refractivity contribution in [2.75, 3.05) is 12.4 Å². The van der Waals surface area contributed by atoms with Crippen molar-refractivity contribution in [2.45, 2.75) is 37.0 Å². The maximum absolute atomic E-state index is 12.1. The zero-order valence-electron chi connectivity index (χ0n) is 16.8. The van der Waals surface area contributed by atoms with Gasteiger partial charge in [-0.25, -0.2) is 0 Å². The van der Waals surface area contributed by atoms with Crippen LogP contribution in [0.1, 0.15) is 48.3 Å². The fourth-order valence-corrected chi connectivity index (χ4v) is 5.35. The van der Waals surface area contributed by atoms with E-state index in [1.54, 1.807) is 7.11 Å². The van der Waals surface area contributed by atoms with Crippen LogP contribution >= 0.6 is 0 Å². The van der Waals surface area contributed by atoms with Crippen LogP contribution in [0.4, 0.5) is 5.82 Å². The molecule has 1 aromatic heterocycles. The summed E-state index contributed by atoms with van der Waals surface area (Å²) in [6.07, 6.45) is 6.06. The summed E-state index contributed by atoms with van der Waals surface area (Å²) in [7, 11) is 1.65. The molecule has 6 nitrogen and oxygen atoms in total. The van der Waals surface area contributed by atoms with Gasteiger partial charge >= 0.3 is 0 Å². The lowest BCUT2D eigenvalue weighted by atomic mass is 9.42. The summed E-state index contributed by atoms with van der Waals surface area (Å²) in [6, 6.07) is 14.3. The molecule has 0 saturated heterocycles. The predicted octanol–water partition coefficient (Wildman–Crippen LogP) is 4.74. The van der Waals surface area contributed by atoms with Gasteiger partial charge in [-0.15, -0.1) is 0 Å². The third-order valence-corrected chi connectivity index (χ3v) is 7.00. The minimum Gasteiger partial charge on any atom is -0.493 e. The van der Waals surface area contributed by atoms with Gasteiger partial charge in [0.15, 0.2) is 17.3 Å². The fourth-order valence-electron chi connectivity index (χ4n) is 5.35. The Hall–Kier alpha value is -3.28. The van der Waals surface area contributed by atoms with Crippen LogP contribution in [0.2, 0.25) is 0 Å². The molecule has 1 aliphatic heterocycles. The van der Waals surface area contributed by atoms with E-state index in [1.165, 1.54) is 24.8 Å². The lowest BCUT2D eigenvalue weighted by Crippen LogP contribution is -2.55. The molecule has 30 heavy (non-hydrogen) atoms. The smallest absolute Gasteiger partial charge is 0.226 e. The molecule has 2 aromatic carbocycles. The summed E-state index contributed by atoms with van der Waals surface area (Å²) in [6.45, 7) is 0. The number of carbonyl (C=O) groups excluding carboxylic acids is 1. The number of aromatic nitrogens is 2. The van der Waals surface area contributed by atoms with Crippen LogP contribution in [0.15, 0.2) is 48.7 Å². The number of para-hydroxylation sites is 1. The Balaban J connectivity index is 1.33. The molecule has 3 aromatic rings. The predicted molar refractivity (Wildman–Crippen MR) is 112 cm³/mol. The monoisotopic (exact) mass is 401 g/mol. The van der Waals surface area contributed by atoms with Crippen molar-refractivity contribution in [3.8, 4) is 17.2 Å². The first kappa shape index (κ1) is 17.6. The number of benzene rings is 2. The van der Waals surface area contributed by atoms with Gasteiger partial charge in [-0.1, -0.05) is 24.3 Å². The molecule has 1 unspecified atom stereocenters. The standard InChI is InChI=1S/C24H23N3O3/c1-29-21-8-15(16-9-22(28)26-23-17(16)13-25-27-23)6-7-20(21)30-19-5-3-2-4-18(19)24-10-14(11-24)12-24/h2-8,13-14,16H,9-12H2,1H3,(H2,25,26,27,28). The summed E-state index contributed by atoms with van der Waals surface area (Å²) in [4.78, 5) is 12.1. The highest BCUT2D eigenvalue weighted by Crippen LogP contribution is 2.66. The highest BCUT2D eigenvalue weighted by Gasteiger charge is 2.58. The molecule has 6 heteroatoms. The molecule has 2 N–H and O–H groups in total. The van der Waals surface area contributed by atoms with Gasteiger partial charge in [-0.2, -0.15) is 5.10 Å². The molecule has 3 fully saturated rings. The second kappa shape index (κ2) is 6.36. The van der Waals surface area contributed by atoms with Crippen molar-refractivity contribution in [3.63, 3.8) is 0 Å². The second-order valence-electron chi connectivity index (χ2n) is 8.76. The Labute approximate surface area is 174 Å². The highest BCUT2D eigenvalue weighted by molar-refractivity contribution is 5.94. The summed E-state index contributed by atoms with van der Waals surface area (Å²) in [5.74, 6) is 3.67. The lowest BCUT2D eigenvalue weighted by Gasteiger charge is -2.62. The van der Waals surface area contributed by atoms with E-state index in [2.05, 4.69) is 27.6 Å². The molecule has 1 atom stereocenters. The van der Waals surface area contributed by atoms with Crippen molar-refractivity contribution < 1.29 is 14.3 Å². The number of carbonyl (C=O) groups is 1. The average molecular weight is 401 g/mol. The van der Waals surface area contributed by atoms with Gasteiger partial charge in [0.25, 0.3) is 0 Å². The molecular weight excluding hydrogens is 378 g/mol. The van der Waals surface area contributed by atoms with Crippen LogP contribution < -0.4 is 14.8 Å². The van der Waals surface area contributed by atoms with Crippen LogP contribution in [0.3, 0.4) is 0 Å². The van der Waals surface area contributed by atoms with Crippen molar-refractivity contribution in [3.05, 3.63) is 65.4 Å². The maximum atomic E-state index is 12.1. The number of H-pyrrole nitrogens is 1. The van der Waals surface area contributed by atoms with E-state index in [1.807, 2.05) is 36.5 Å². The van der Waals surface area contributed by atoms with E-state index in [0.29, 0.717) is 29.2 Å². The number of anilines is 1. The third-order valence-electron chi connectivity index (χ3n) is 7.00. The van der Waals surface area contributed by atoms with Gasteiger partial charge in [-0.3, -0.25) is 9.89 Å². The first-order chi connectivity index (χ1) is 14.6. The van der Waals surface area contributed by atoms with Crippen LogP contribution in [0.5, 0.6) is 17.2 Å². The molecule has 2 heterocycles. The van der Waals surface area contributed by atoms with E-state index >= 15 is 0 Å². The molecule has 0 spiro atoms. The summed E-state index contributed by atoms with van der Waals surface area (Å²) < 4.78 is 12.0. The average Bonchev–Trinajstić information content (AvgIpc) is 3.15. The largest absolute Gasteiger partial charge is 0.493 e. The molecule has 1 amide bonds. The molecule has 3 aliphatic carbocycles. The van der Waals surface area contributed by atoms with Crippen LogP contribution in [-0.2, 0) is 10.2 Å². The number of amides is 1. The Morgan fingerprint density at radius 1 is 1.07 bits per heavy atom. The SMILES string of the molecule is COc1cc(C2CC(=O)Nc3n[nH]cc32)ccc1Oc1ccccc1C12CC(C1)C2. The van der Waals surface area contributed by atoms with Gasteiger partial charge < -0.3 is 14.8 Å². The second-order valence-corrected chi connectivity index (χ2v) is 8.76. The van der Waals surface area contributed by atoms with Crippen LogP contribution in [0.25, 0.3) is 0 Å². The Kier molecular flexibility index (Phi) is 3.72. The number of methoxy groups -OCH3 is 1. The molecular formula is C24H23N3O3. The van der Waals surface area contributed by atoms with Gasteiger partial charge in [-0.05, 0) is 54.4 Å². The minimum absolute atomic E-state index is 0.0358. The third kappa shape index (κ3) is 2.56. The van der Waals surface area contributed by atoms with Crippen molar-refractivity contribution in [2.24, 2.45) is 5.92 Å². The number of nitrogens with zero attached hydrogens (tertiary/aromatic N) is 1. The van der Waals surface area contributed by atoms with Crippen molar-refractivity contribution >= 4 is 11.7 Å². The van der Waals surface area contributed by atoms with Crippen LogP contribution in [-0.4, -0.2) is 23.2 Å². The lowest BCUT2D eigenvalue weighted by molar-refractivity contribution is -0.116. The van der Waals surface area contributed by atoms with E-state index in [4.69, 9.17) is 9.47 Å². The molecule has 7 rings (SSSR count). The molecule has 4 aliphatic rings. The number of aromatic amines is 1. The summed E-state index contributed by atoms with van der Waals surface area (Å²) in [5, 5.41) is 9.79. The Bertz CT molecular complexity index is 1140. The molecule has 3 saturated carbocycles. The van der Waals surface area contributed by atoms with E-state index in [9.17, 15) is 4.79 Å². The quantitative estimate of drug-likeness (QED) is 0.648. The fraction of sp³-hybridized carbons (Fsp3) is 0.333. The van der Waals surface area contributed by atoms with Gasteiger partial charge in [0, 0.05) is 29.7 Å². The number of rotatable bonds is 5. The van der Waals surface area contributed by atoms with E-state index < -0.39 is 0 Å². The van der Waals surface area contributed by atoms with Crippen LogP contribution in [0, 0.1) is 5.92 Å². The molecule has 2 bridgehead atoms. The van der Waals surface area contributed by atoms with E-state index in [-0.39, 0.29) is 11.8 Å². The number of hydrogen-bond acceptors (Lipinski definition) is 4. The first-order valence-corrected chi connectivity index (χ1v) is 10.4. The van der Waals surface area contributed by atoms with Gasteiger partial charge in [0.2, 0.25) is 5.91 Å². The van der Waals surface area contributed by atoms with E-state index in [0.717, 1.165) is 22.8 Å². The number of fused-ring (bicyclic) bond motifs is 1. The van der Waals surface area contributed by atoms with Crippen molar-refractivity contribution in [1.29, 1.82) is 0 Å². The molecule has 0 radical (unpaired) electrons. The topological polar surface area (TPSA) is 76.2 Å². The number of ether oxygens (including phenoxy) is 2. The van der Waals surface area contributed by atoms with Crippen molar-refractivity contribution in [1.82, 2.24) is 10.2 Å². The first-order valence-electron chi connectivity index (χ1n) is 10.4. The highest BCUT2D eigenvalue weighted by atomic mass is 16.5. The zero-order valence-corrected chi connectivity index (χ0v) is 16.8. The molecule has 152 valence electrons. The minimum atomic E-state index is -0.0662. The summed E-state index contributed by atoms with van der Waals surface area (Å²) in [5.41, 5.74) is 3.62. The number of hydrogen-bond donors (Lipinski definition) is 2. The normalized spacial score (nSPS) is 26.1. The maximum Gasteiger partial charge on any atom is 0.226 e. The summed E-state index contributed by atoms with van der Waals surface area (Å²) >= 11 is 0.